The zero-order chi connectivity index (χ0) is 22.1. The van der Waals surface area contributed by atoms with Crippen molar-refractivity contribution in [2.24, 2.45) is 0 Å². The lowest BCUT2D eigenvalue weighted by Gasteiger charge is -2.21. The monoisotopic (exact) mass is 422 g/mol. The van der Waals surface area contributed by atoms with Crippen molar-refractivity contribution >= 4 is 23.7 Å². The molecule has 164 valence electrons. The number of phenolic OH excluding ortho intramolecular Hbond substituents is 1. The van der Waals surface area contributed by atoms with Crippen LogP contribution in [0.25, 0.3) is 0 Å². The minimum atomic E-state index is -1.48. The van der Waals surface area contributed by atoms with Crippen LogP contribution in [0.2, 0.25) is 0 Å². The fourth-order valence-corrected chi connectivity index (χ4v) is 2.98. The fraction of sp³-hybridized carbons (Fsp3) is 0.474. The quantitative estimate of drug-likeness (QED) is 0.223. The molecule has 0 saturated carbocycles. The molecule has 3 amide bonds. The molecule has 1 fully saturated rings. The number of rotatable bonds is 10. The Morgan fingerprint density at radius 2 is 1.80 bits per heavy atom. The standard InChI is InChI=1S/C19H26N4O7/c24-10-15(19(29)30)22-16(26)9-21-17(27)14(8-11-3-5-12(25)6-4-11)23-18(28)13-2-1-7-20-13/h3-6,13-15,20,24-25H,1-2,7-10H2,(H,21,27)(H,22,26)(H,23,28)(H,29,30). The van der Waals surface area contributed by atoms with Crippen molar-refractivity contribution in [2.45, 2.75) is 37.4 Å². The Hall–Kier alpha value is -3.18. The Labute approximate surface area is 172 Å². The lowest BCUT2D eigenvalue weighted by molar-refractivity contribution is -0.142. The van der Waals surface area contributed by atoms with Crippen molar-refractivity contribution in [3.63, 3.8) is 0 Å². The SMILES string of the molecule is O=C(CNC(=O)C(Cc1ccc(O)cc1)NC(=O)C1CCCN1)NC(CO)C(=O)O. The number of hydrogen-bond donors (Lipinski definition) is 7. The summed E-state index contributed by atoms with van der Waals surface area (Å²) in [6.07, 6.45) is 1.63. The predicted molar refractivity (Wildman–Crippen MR) is 104 cm³/mol. The molecule has 3 unspecified atom stereocenters. The number of carbonyl (C=O) groups is 4. The van der Waals surface area contributed by atoms with Gasteiger partial charge in [0.2, 0.25) is 17.7 Å². The minimum absolute atomic E-state index is 0.0625. The number of amides is 3. The van der Waals surface area contributed by atoms with Crippen LogP contribution in [-0.2, 0) is 25.6 Å². The Bertz CT molecular complexity index is 763. The highest BCUT2D eigenvalue weighted by atomic mass is 16.4. The zero-order valence-electron chi connectivity index (χ0n) is 16.3. The van der Waals surface area contributed by atoms with Crippen LogP contribution in [0.15, 0.2) is 24.3 Å². The van der Waals surface area contributed by atoms with Crippen LogP contribution in [0.5, 0.6) is 5.75 Å². The summed E-state index contributed by atoms with van der Waals surface area (Å²) in [5.41, 5.74) is 0.684. The Kier molecular flexibility index (Phi) is 8.56. The van der Waals surface area contributed by atoms with Crippen molar-refractivity contribution in [3.05, 3.63) is 29.8 Å². The van der Waals surface area contributed by atoms with E-state index < -0.39 is 49.1 Å². The van der Waals surface area contributed by atoms with Crippen LogP contribution >= 0.6 is 0 Å². The van der Waals surface area contributed by atoms with Gasteiger partial charge in [-0.3, -0.25) is 14.4 Å². The number of benzene rings is 1. The summed E-state index contributed by atoms with van der Waals surface area (Å²) >= 11 is 0. The maximum absolute atomic E-state index is 12.6. The molecule has 3 atom stereocenters. The summed E-state index contributed by atoms with van der Waals surface area (Å²) in [4.78, 5) is 47.8. The molecule has 2 rings (SSSR count). The molecule has 0 aliphatic carbocycles. The Morgan fingerprint density at radius 1 is 1.10 bits per heavy atom. The molecule has 1 aliphatic heterocycles. The first-order valence-corrected chi connectivity index (χ1v) is 9.52. The van der Waals surface area contributed by atoms with Gasteiger partial charge in [0, 0.05) is 6.42 Å². The van der Waals surface area contributed by atoms with Gasteiger partial charge in [-0.1, -0.05) is 12.1 Å². The molecule has 11 nitrogen and oxygen atoms in total. The van der Waals surface area contributed by atoms with E-state index >= 15 is 0 Å². The molecule has 1 aliphatic rings. The number of aliphatic hydroxyl groups is 1. The van der Waals surface area contributed by atoms with Gasteiger partial charge in [0.15, 0.2) is 0 Å². The van der Waals surface area contributed by atoms with E-state index in [1.54, 1.807) is 12.1 Å². The lowest BCUT2D eigenvalue weighted by atomic mass is 10.0. The number of aromatic hydroxyl groups is 1. The van der Waals surface area contributed by atoms with Gasteiger partial charge in [0.25, 0.3) is 0 Å². The van der Waals surface area contributed by atoms with Crippen LogP contribution < -0.4 is 21.3 Å². The highest BCUT2D eigenvalue weighted by Crippen LogP contribution is 2.12. The molecule has 0 aromatic heterocycles. The predicted octanol–water partition coefficient (Wildman–Crippen LogP) is -2.15. The van der Waals surface area contributed by atoms with Gasteiger partial charge in [-0.25, -0.2) is 4.79 Å². The van der Waals surface area contributed by atoms with Crippen LogP contribution in [-0.4, -0.2) is 76.8 Å². The van der Waals surface area contributed by atoms with Crippen LogP contribution in [0.4, 0.5) is 0 Å². The van der Waals surface area contributed by atoms with E-state index in [2.05, 4.69) is 21.3 Å². The second-order valence-corrected chi connectivity index (χ2v) is 6.94. The van der Waals surface area contributed by atoms with Gasteiger partial charge in [-0.2, -0.15) is 0 Å². The van der Waals surface area contributed by atoms with Gasteiger partial charge in [0.05, 0.1) is 19.2 Å². The molecule has 0 spiro atoms. The van der Waals surface area contributed by atoms with Crippen molar-refractivity contribution < 1.29 is 34.5 Å². The van der Waals surface area contributed by atoms with E-state index in [9.17, 15) is 24.3 Å². The highest BCUT2D eigenvalue weighted by Gasteiger charge is 2.28. The van der Waals surface area contributed by atoms with Gasteiger partial charge in [-0.05, 0) is 37.1 Å². The number of phenols is 1. The second kappa shape index (κ2) is 11.1. The van der Waals surface area contributed by atoms with Crippen LogP contribution in [0.3, 0.4) is 0 Å². The van der Waals surface area contributed by atoms with Crippen molar-refractivity contribution in [3.8, 4) is 5.75 Å². The maximum Gasteiger partial charge on any atom is 0.328 e. The second-order valence-electron chi connectivity index (χ2n) is 6.94. The van der Waals surface area contributed by atoms with E-state index in [1.165, 1.54) is 12.1 Å². The third kappa shape index (κ3) is 7.01. The van der Waals surface area contributed by atoms with E-state index in [0.717, 1.165) is 6.42 Å². The first-order chi connectivity index (χ1) is 14.3. The summed E-state index contributed by atoms with van der Waals surface area (Å²) in [5.74, 6) is -3.09. The molecule has 0 radical (unpaired) electrons. The topological polar surface area (TPSA) is 177 Å². The number of carboxylic acids is 1. The molecular formula is C19H26N4O7. The van der Waals surface area contributed by atoms with E-state index in [1.807, 2.05) is 0 Å². The number of hydrogen-bond acceptors (Lipinski definition) is 7. The molecule has 7 N–H and O–H groups in total. The number of carboxylic acid groups (broad SMARTS) is 1. The smallest absolute Gasteiger partial charge is 0.328 e. The summed E-state index contributed by atoms with van der Waals surface area (Å²) in [7, 11) is 0. The molecular weight excluding hydrogens is 396 g/mol. The molecule has 1 saturated heterocycles. The molecule has 1 aromatic rings. The molecule has 1 heterocycles. The third-order valence-electron chi connectivity index (χ3n) is 4.63. The lowest BCUT2D eigenvalue weighted by Crippen LogP contribution is -2.54. The first kappa shape index (κ1) is 23.1. The Balaban J connectivity index is 1.99. The van der Waals surface area contributed by atoms with Crippen LogP contribution in [0.1, 0.15) is 18.4 Å². The average Bonchev–Trinajstić information content (AvgIpc) is 3.26. The molecule has 0 bridgehead atoms. The number of nitrogens with one attached hydrogen (secondary N) is 4. The van der Waals surface area contributed by atoms with Gasteiger partial charge in [-0.15, -0.1) is 0 Å². The van der Waals surface area contributed by atoms with Crippen molar-refractivity contribution in [1.29, 1.82) is 0 Å². The molecule has 30 heavy (non-hydrogen) atoms. The molecule has 11 heteroatoms. The summed E-state index contributed by atoms with van der Waals surface area (Å²) in [6.45, 7) is -0.599. The zero-order valence-corrected chi connectivity index (χ0v) is 16.3. The normalized spacial score (nSPS) is 17.6. The highest BCUT2D eigenvalue weighted by molar-refractivity contribution is 5.92. The summed E-state index contributed by atoms with van der Waals surface area (Å²) in [6, 6.07) is 3.28. The van der Waals surface area contributed by atoms with E-state index in [4.69, 9.17) is 10.2 Å². The third-order valence-corrected chi connectivity index (χ3v) is 4.63. The number of carbonyl (C=O) groups excluding carboxylic acids is 3. The maximum atomic E-state index is 12.6. The van der Waals surface area contributed by atoms with Gasteiger partial charge in [0.1, 0.15) is 17.8 Å². The van der Waals surface area contributed by atoms with Crippen LogP contribution in [0, 0.1) is 0 Å². The van der Waals surface area contributed by atoms with Crippen molar-refractivity contribution in [1.82, 2.24) is 21.3 Å². The number of aliphatic carboxylic acids is 1. The largest absolute Gasteiger partial charge is 0.508 e. The molecule has 1 aromatic carbocycles. The minimum Gasteiger partial charge on any atom is -0.508 e. The fourth-order valence-electron chi connectivity index (χ4n) is 2.98. The number of aliphatic hydroxyl groups excluding tert-OH is 1. The van der Waals surface area contributed by atoms with E-state index in [-0.39, 0.29) is 18.1 Å². The average molecular weight is 422 g/mol. The summed E-state index contributed by atoms with van der Waals surface area (Å²) in [5, 5.41) is 37.3. The van der Waals surface area contributed by atoms with E-state index in [0.29, 0.717) is 18.5 Å². The van der Waals surface area contributed by atoms with Crippen molar-refractivity contribution in [2.75, 3.05) is 19.7 Å². The van der Waals surface area contributed by atoms with Gasteiger partial charge < -0.3 is 36.6 Å². The van der Waals surface area contributed by atoms with Gasteiger partial charge >= 0.3 is 5.97 Å². The first-order valence-electron chi connectivity index (χ1n) is 9.52. The summed E-state index contributed by atoms with van der Waals surface area (Å²) < 4.78 is 0. The Morgan fingerprint density at radius 3 is 2.37 bits per heavy atom.